The van der Waals surface area contributed by atoms with E-state index in [1.165, 1.54) is 11.3 Å². The van der Waals surface area contributed by atoms with Gasteiger partial charge in [0.1, 0.15) is 0 Å². The van der Waals surface area contributed by atoms with Crippen LogP contribution in [0, 0.1) is 6.92 Å². The van der Waals surface area contributed by atoms with E-state index in [2.05, 4.69) is 20.3 Å². The van der Waals surface area contributed by atoms with Crippen LogP contribution in [0.3, 0.4) is 0 Å². The van der Waals surface area contributed by atoms with Gasteiger partial charge in [0.05, 0.1) is 35.8 Å². The van der Waals surface area contributed by atoms with Crippen molar-refractivity contribution in [2.45, 2.75) is 19.4 Å². The number of ether oxygens (including phenoxy) is 1. The van der Waals surface area contributed by atoms with E-state index in [1.807, 2.05) is 29.6 Å². The molecule has 0 spiro atoms. The second-order valence-corrected chi connectivity index (χ2v) is 6.83. The lowest BCUT2D eigenvalue weighted by molar-refractivity contribution is 0.0922. The number of rotatable bonds is 3. The first kappa shape index (κ1) is 16.5. The summed E-state index contributed by atoms with van der Waals surface area (Å²) < 4.78 is 5.20. The number of fused-ring (bicyclic) bond motifs is 1. The number of nitrogens with two attached hydrogens (primary N) is 1. The van der Waals surface area contributed by atoms with Crippen LogP contribution in [0.2, 0.25) is 0 Å². The molecule has 0 saturated carbocycles. The number of hydrogen-bond donors (Lipinski definition) is 2. The van der Waals surface area contributed by atoms with Gasteiger partial charge in [-0.2, -0.15) is 0 Å². The van der Waals surface area contributed by atoms with E-state index < -0.39 is 0 Å². The molecular formula is C18H17N5O2S. The first-order chi connectivity index (χ1) is 12.6. The number of aromatic nitrogens is 3. The Hall–Kier alpha value is -3.00. The van der Waals surface area contributed by atoms with E-state index >= 15 is 0 Å². The van der Waals surface area contributed by atoms with Gasteiger partial charge in [-0.05, 0) is 12.5 Å². The van der Waals surface area contributed by atoms with Crippen molar-refractivity contribution in [1.29, 1.82) is 0 Å². The van der Waals surface area contributed by atoms with E-state index in [9.17, 15) is 4.79 Å². The van der Waals surface area contributed by atoms with E-state index in [0.717, 1.165) is 16.8 Å². The van der Waals surface area contributed by atoms with Crippen LogP contribution >= 0.6 is 11.3 Å². The standard InChI is InChI=1S/C18H17N5O2S/c1-9-15-13(22-17(19)20-9)7-12(21-16(15)24)10-5-3-4-6-11(10)14-8-26-18(23-14)25-2/h3-6,8,12H,7H2,1-2H3,(H,21,24)(H2,19,20,22)/t12-/m1/s1. The molecule has 1 aliphatic rings. The first-order valence-corrected chi connectivity index (χ1v) is 8.97. The van der Waals surface area contributed by atoms with E-state index in [-0.39, 0.29) is 17.9 Å². The smallest absolute Gasteiger partial charge is 0.273 e. The summed E-state index contributed by atoms with van der Waals surface area (Å²) in [6, 6.07) is 7.67. The Morgan fingerprint density at radius 2 is 2.08 bits per heavy atom. The minimum atomic E-state index is -0.215. The van der Waals surface area contributed by atoms with Gasteiger partial charge in [-0.15, -0.1) is 0 Å². The molecule has 0 aliphatic carbocycles. The molecule has 2 aromatic heterocycles. The molecule has 1 amide bonds. The lowest BCUT2D eigenvalue weighted by Crippen LogP contribution is -2.37. The van der Waals surface area contributed by atoms with Crippen LogP contribution in [0.1, 0.15) is 33.4 Å². The Morgan fingerprint density at radius 3 is 2.85 bits per heavy atom. The highest BCUT2D eigenvalue weighted by molar-refractivity contribution is 7.11. The summed E-state index contributed by atoms with van der Waals surface area (Å²) in [5.74, 6) is 0.00614. The maximum atomic E-state index is 12.6. The van der Waals surface area contributed by atoms with Crippen molar-refractivity contribution in [3.05, 3.63) is 52.2 Å². The molecule has 1 aliphatic heterocycles. The topological polar surface area (TPSA) is 103 Å². The number of nitrogens with one attached hydrogen (secondary N) is 1. The summed E-state index contributed by atoms with van der Waals surface area (Å²) in [4.78, 5) is 25.5. The zero-order valence-electron chi connectivity index (χ0n) is 14.3. The number of aryl methyl sites for hydroxylation is 1. The molecule has 0 fully saturated rings. The van der Waals surface area contributed by atoms with Gasteiger partial charge in [-0.1, -0.05) is 35.6 Å². The van der Waals surface area contributed by atoms with Gasteiger partial charge in [0.25, 0.3) is 11.1 Å². The highest BCUT2D eigenvalue weighted by Crippen LogP contribution is 2.34. The van der Waals surface area contributed by atoms with Gasteiger partial charge in [-0.3, -0.25) is 4.79 Å². The minimum Gasteiger partial charge on any atom is -0.473 e. The number of carbonyl (C=O) groups excluding carboxylic acids is 1. The van der Waals surface area contributed by atoms with Crippen molar-refractivity contribution in [1.82, 2.24) is 20.3 Å². The summed E-state index contributed by atoms with van der Waals surface area (Å²) in [6.45, 7) is 1.77. The molecule has 0 saturated heterocycles. The number of nitrogen functional groups attached to an aromatic ring is 1. The summed E-state index contributed by atoms with van der Waals surface area (Å²) in [5, 5.41) is 5.61. The lowest BCUT2D eigenvalue weighted by Gasteiger charge is -2.27. The number of carbonyl (C=O) groups is 1. The van der Waals surface area contributed by atoms with Gasteiger partial charge >= 0.3 is 0 Å². The highest BCUT2D eigenvalue weighted by atomic mass is 32.1. The molecule has 132 valence electrons. The summed E-state index contributed by atoms with van der Waals surface area (Å²) >= 11 is 1.43. The molecule has 26 heavy (non-hydrogen) atoms. The molecule has 7 nitrogen and oxygen atoms in total. The third-order valence-electron chi connectivity index (χ3n) is 4.38. The van der Waals surface area contributed by atoms with Crippen LogP contribution in [0.15, 0.2) is 29.6 Å². The van der Waals surface area contributed by atoms with Crippen LogP contribution in [0.25, 0.3) is 11.3 Å². The van der Waals surface area contributed by atoms with Crippen molar-refractivity contribution in [3.8, 4) is 16.5 Å². The number of nitrogens with zero attached hydrogens (tertiary/aromatic N) is 3. The Balaban J connectivity index is 1.76. The lowest BCUT2D eigenvalue weighted by atomic mass is 9.90. The van der Waals surface area contributed by atoms with Crippen LogP contribution in [0.4, 0.5) is 5.95 Å². The number of amides is 1. The summed E-state index contributed by atoms with van der Waals surface area (Å²) in [5.41, 5.74) is 10.3. The number of methoxy groups -OCH3 is 1. The predicted octanol–water partition coefficient (Wildman–Crippen LogP) is 2.53. The SMILES string of the molecule is COc1nc(-c2ccccc2[C@H]2Cc3nc(N)nc(C)c3C(=O)N2)cs1. The van der Waals surface area contributed by atoms with Gasteiger partial charge in [0, 0.05) is 17.4 Å². The van der Waals surface area contributed by atoms with E-state index in [1.54, 1.807) is 14.0 Å². The van der Waals surface area contributed by atoms with Crippen molar-refractivity contribution in [2.24, 2.45) is 0 Å². The predicted molar refractivity (Wildman–Crippen MR) is 99.2 cm³/mol. The number of hydrogen-bond acceptors (Lipinski definition) is 7. The second-order valence-electron chi connectivity index (χ2n) is 6.01. The average molecular weight is 367 g/mol. The quantitative estimate of drug-likeness (QED) is 0.737. The fourth-order valence-corrected chi connectivity index (χ4v) is 3.91. The fraction of sp³-hybridized carbons (Fsp3) is 0.222. The van der Waals surface area contributed by atoms with Crippen molar-refractivity contribution in [3.63, 3.8) is 0 Å². The molecule has 3 aromatic rings. The largest absolute Gasteiger partial charge is 0.473 e. The van der Waals surface area contributed by atoms with E-state index in [0.29, 0.717) is 28.6 Å². The average Bonchev–Trinajstić information content (AvgIpc) is 3.09. The van der Waals surface area contributed by atoms with Gasteiger partial charge in [-0.25, -0.2) is 15.0 Å². The van der Waals surface area contributed by atoms with Crippen molar-refractivity contribution in [2.75, 3.05) is 12.8 Å². The molecule has 0 bridgehead atoms. The van der Waals surface area contributed by atoms with Crippen molar-refractivity contribution >= 4 is 23.2 Å². The molecule has 4 rings (SSSR count). The minimum absolute atomic E-state index is 0.181. The maximum Gasteiger partial charge on any atom is 0.273 e. The fourth-order valence-electron chi connectivity index (χ4n) is 3.27. The summed E-state index contributed by atoms with van der Waals surface area (Å²) in [7, 11) is 1.60. The molecule has 3 N–H and O–H groups in total. The number of thiazole rings is 1. The monoisotopic (exact) mass is 367 g/mol. The zero-order chi connectivity index (χ0) is 18.3. The Morgan fingerprint density at radius 1 is 1.27 bits per heavy atom. The molecule has 1 atom stereocenters. The summed E-state index contributed by atoms with van der Waals surface area (Å²) in [6.07, 6.45) is 0.549. The third kappa shape index (κ3) is 2.78. The highest BCUT2D eigenvalue weighted by Gasteiger charge is 2.30. The Labute approximate surface area is 154 Å². The first-order valence-electron chi connectivity index (χ1n) is 8.09. The van der Waals surface area contributed by atoms with E-state index in [4.69, 9.17) is 10.5 Å². The molecule has 1 aromatic carbocycles. The molecule has 0 radical (unpaired) electrons. The zero-order valence-corrected chi connectivity index (χ0v) is 15.1. The third-order valence-corrected chi connectivity index (χ3v) is 5.18. The second kappa shape index (κ2) is 6.38. The van der Waals surface area contributed by atoms with Crippen LogP contribution in [-0.4, -0.2) is 28.0 Å². The molecular weight excluding hydrogens is 350 g/mol. The molecule has 0 unspecified atom stereocenters. The van der Waals surface area contributed by atoms with Crippen LogP contribution in [0.5, 0.6) is 5.19 Å². The Bertz CT molecular complexity index is 1000. The van der Waals surface area contributed by atoms with Crippen LogP contribution < -0.4 is 15.8 Å². The van der Waals surface area contributed by atoms with Gasteiger partial charge in [0.15, 0.2) is 0 Å². The Kier molecular flexibility index (Phi) is 4.04. The van der Waals surface area contributed by atoms with Gasteiger partial charge < -0.3 is 15.8 Å². The van der Waals surface area contributed by atoms with Crippen LogP contribution in [-0.2, 0) is 6.42 Å². The molecule has 3 heterocycles. The number of benzene rings is 1. The maximum absolute atomic E-state index is 12.6. The van der Waals surface area contributed by atoms with Gasteiger partial charge in [0.2, 0.25) is 5.95 Å². The molecule has 8 heteroatoms. The normalized spacial score (nSPS) is 16.1. The number of anilines is 1. The van der Waals surface area contributed by atoms with Crippen molar-refractivity contribution < 1.29 is 9.53 Å².